The van der Waals surface area contributed by atoms with Gasteiger partial charge < -0.3 is 0 Å². The quantitative estimate of drug-likeness (QED) is 0.569. The van der Waals surface area contributed by atoms with Gasteiger partial charge in [0.15, 0.2) is 0 Å². The molecule has 0 spiro atoms. The Kier molecular flexibility index (Phi) is 8.92. The van der Waals surface area contributed by atoms with E-state index >= 15 is 0 Å². The van der Waals surface area contributed by atoms with Crippen molar-refractivity contribution < 1.29 is 19.2 Å². The fourth-order valence-electron chi connectivity index (χ4n) is 0.898. The van der Waals surface area contributed by atoms with Crippen LogP contribution in [0.25, 0.3) is 0 Å². The average Bonchev–Trinajstić information content (AvgIpc) is 1.96. The van der Waals surface area contributed by atoms with Crippen LogP contribution < -0.4 is 0 Å². The molecule has 1 radical (unpaired) electrons. The van der Waals surface area contributed by atoms with E-state index in [1.807, 2.05) is 0 Å². The molecule has 0 aromatic heterocycles. The van der Waals surface area contributed by atoms with Crippen molar-refractivity contribution in [1.82, 2.24) is 0 Å². The molecule has 0 aliphatic heterocycles. The SMILES string of the molecule is [CH]1CCCCC1.[S]=[Ag]. The first-order valence-electron chi connectivity index (χ1n) is 2.94. The topological polar surface area (TPSA) is 0 Å². The van der Waals surface area contributed by atoms with E-state index in [4.69, 9.17) is 0 Å². The van der Waals surface area contributed by atoms with Crippen LogP contribution in [0.15, 0.2) is 0 Å². The molecule has 8 heavy (non-hydrogen) atoms. The fraction of sp³-hybridized carbons (Fsp3) is 0.833. The van der Waals surface area contributed by atoms with Gasteiger partial charge in [0.05, 0.1) is 0 Å². The van der Waals surface area contributed by atoms with Gasteiger partial charge >= 0.3 is 28.8 Å². The van der Waals surface area contributed by atoms with Crippen molar-refractivity contribution >= 4 is 9.58 Å². The van der Waals surface area contributed by atoms with Crippen LogP contribution >= 0.6 is 9.58 Å². The van der Waals surface area contributed by atoms with Gasteiger partial charge in [0.25, 0.3) is 0 Å². The Balaban J connectivity index is 0.000000222. The third-order valence-corrected chi connectivity index (χ3v) is 1.32. The molecule has 0 nitrogen and oxygen atoms in total. The Morgan fingerprint density at radius 3 is 1.62 bits per heavy atom. The van der Waals surface area contributed by atoms with E-state index in [0.29, 0.717) is 0 Å². The predicted octanol–water partition coefficient (Wildman–Crippen LogP) is 2.80. The summed E-state index contributed by atoms with van der Waals surface area (Å²) < 4.78 is 0. The predicted molar refractivity (Wildman–Crippen MR) is 35.0 cm³/mol. The van der Waals surface area contributed by atoms with Gasteiger partial charge in [-0.3, -0.25) is 0 Å². The summed E-state index contributed by atoms with van der Waals surface area (Å²) in [5, 5.41) is 0. The maximum atomic E-state index is 3.89. The minimum atomic E-state index is 1.38. The molecule has 0 aromatic carbocycles. The summed E-state index contributed by atoms with van der Waals surface area (Å²) in [5.74, 6) is 0. The van der Waals surface area contributed by atoms with Crippen molar-refractivity contribution in [2.24, 2.45) is 0 Å². The Morgan fingerprint density at radius 1 is 1.00 bits per heavy atom. The molecule has 0 bridgehead atoms. The van der Waals surface area contributed by atoms with E-state index in [1.165, 1.54) is 32.1 Å². The molecular formula is C6H11AgS. The van der Waals surface area contributed by atoms with Gasteiger partial charge in [-0.2, -0.15) is 0 Å². The van der Waals surface area contributed by atoms with Gasteiger partial charge in [-0.05, 0) is 6.42 Å². The van der Waals surface area contributed by atoms with Crippen LogP contribution in [-0.4, -0.2) is 0 Å². The van der Waals surface area contributed by atoms with Gasteiger partial charge in [0, 0.05) is 0 Å². The van der Waals surface area contributed by atoms with Crippen molar-refractivity contribution in [3.63, 3.8) is 0 Å². The van der Waals surface area contributed by atoms with E-state index in [1.54, 1.807) is 0 Å². The summed E-state index contributed by atoms with van der Waals surface area (Å²) in [6.07, 6.45) is 9.50. The van der Waals surface area contributed by atoms with Crippen molar-refractivity contribution in [1.29, 1.82) is 0 Å². The monoisotopic (exact) mass is 222 g/mol. The van der Waals surface area contributed by atoms with Crippen LogP contribution in [0.4, 0.5) is 0 Å². The molecule has 1 saturated carbocycles. The summed E-state index contributed by atoms with van der Waals surface area (Å²) in [6.45, 7) is 0. The van der Waals surface area contributed by atoms with Crippen LogP contribution in [0.1, 0.15) is 32.1 Å². The molecule has 0 N–H and O–H groups in total. The third-order valence-electron chi connectivity index (χ3n) is 1.32. The molecule has 0 unspecified atom stereocenters. The van der Waals surface area contributed by atoms with E-state index in [0.717, 1.165) is 0 Å². The second-order valence-corrected chi connectivity index (χ2v) is 1.93. The zero-order valence-corrected chi connectivity index (χ0v) is 7.12. The van der Waals surface area contributed by atoms with Gasteiger partial charge in [-0.25, -0.2) is 0 Å². The van der Waals surface area contributed by atoms with E-state index < -0.39 is 0 Å². The zero-order valence-electron chi connectivity index (χ0n) is 4.82. The minimum absolute atomic E-state index is 1.38. The molecule has 1 fully saturated rings. The van der Waals surface area contributed by atoms with Crippen molar-refractivity contribution in [3.05, 3.63) is 6.42 Å². The normalized spacial score (nSPS) is 18.8. The van der Waals surface area contributed by atoms with Crippen LogP contribution in [0.5, 0.6) is 0 Å². The maximum absolute atomic E-state index is 3.89. The summed E-state index contributed by atoms with van der Waals surface area (Å²) in [4.78, 5) is 0. The number of hydrogen-bond acceptors (Lipinski definition) is 1. The van der Waals surface area contributed by atoms with Crippen LogP contribution in [0.2, 0.25) is 0 Å². The molecule has 1 aliphatic rings. The molecule has 52 valence electrons. The molecule has 1 aliphatic carbocycles. The number of rotatable bonds is 0. The second-order valence-electron chi connectivity index (χ2n) is 1.93. The Bertz CT molecular complexity index is 32.3. The summed E-state index contributed by atoms with van der Waals surface area (Å²) >= 11 is 2.53. The van der Waals surface area contributed by atoms with Gasteiger partial charge in [0.2, 0.25) is 0 Å². The Morgan fingerprint density at radius 2 is 1.50 bits per heavy atom. The van der Waals surface area contributed by atoms with Gasteiger partial charge in [0.1, 0.15) is 0 Å². The summed E-state index contributed by atoms with van der Waals surface area (Å²) in [6, 6.07) is 0. The Hall–Kier alpha value is 0.960. The molecule has 0 aromatic rings. The molecule has 1 rings (SSSR count). The third kappa shape index (κ3) is 5.10. The summed E-state index contributed by atoms with van der Waals surface area (Å²) in [5.41, 5.74) is 0. The second kappa shape index (κ2) is 7.96. The standard InChI is InChI=1S/C6H11.Ag.S/c1-2-4-6-5-3-1;;/h1H,2-6H2;;. The first-order valence-corrected chi connectivity index (χ1v) is 5.00. The molecule has 2 heteroatoms. The van der Waals surface area contributed by atoms with Crippen LogP contribution in [-0.2, 0) is 19.2 Å². The molecule has 0 atom stereocenters. The van der Waals surface area contributed by atoms with Crippen LogP contribution in [0, 0.1) is 6.42 Å². The van der Waals surface area contributed by atoms with Gasteiger partial charge in [-0.1, -0.05) is 32.1 Å². The van der Waals surface area contributed by atoms with Crippen molar-refractivity contribution in [3.8, 4) is 0 Å². The van der Waals surface area contributed by atoms with E-state index in [-0.39, 0.29) is 0 Å². The zero-order chi connectivity index (χ0) is 6.24. The molecular weight excluding hydrogens is 212 g/mol. The molecule has 0 amide bonds. The fourth-order valence-corrected chi connectivity index (χ4v) is 0.898. The van der Waals surface area contributed by atoms with Crippen molar-refractivity contribution in [2.45, 2.75) is 32.1 Å². The van der Waals surface area contributed by atoms with Crippen LogP contribution in [0.3, 0.4) is 0 Å². The Labute approximate surface area is 67.3 Å². The van der Waals surface area contributed by atoms with Gasteiger partial charge in [-0.15, -0.1) is 0 Å². The van der Waals surface area contributed by atoms with E-state index in [2.05, 4.69) is 35.2 Å². The first-order chi connectivity index (χ1) is 4.00. The first kappa shape index (κ1) is 8.96. The van der Waals surface area contributed by atoms with Crippen molar-refractivity contribution in [2.75, 3.05) is 0 Å². The summed E-state index contributed by atoms with van der Waals surface area (Å²) in [7, 11) is 3.89. The van der Waals surface area contributed by atoms with E-state index in [9.17, 15) is 0 Å². The molecule has 0 saturated heterocycles. The average molecular weight is 223 g/mol. The molecule has 0 heterocycles. The number of hydrogen-bond donors (Lipinski definition) is 0.